The predicted molar refractivity (Wildman–Crippen MR) is 63.4 cm³/mol. The molecule has 0 atom stereocenters. The van der Waals surface area contributed by atoms with Gasteiger partial charge < -0.3 is 5.73 Å². The van der Waals surface area contributed by atoms with Crippen LogP contribution in [0.25, 0.3) is 0 Å². The number of halogens is 4. The van der Waals surface area contributed by atoms with E-state index in [1.54, 1.807) is 0 Å². The van der Waals surface area contributed by atoms with Crippen molar-refractivity contribution in [3.8, 4) is 0 Å². The first-order chi connectivity index (χ1) is 9.29. The van der Waals surface area contributed by atoms with Gasteiger partial charge in [-0.15, -0.1) is 0 Å². The quantitative estimate of drug-likeness (QED) is 0.513. The molecule has 0 aliphatic rings. The highest BCUT2D eigenvalue weighted by Crippen LogP contribution is 2.29. The Hall–Kier alpha value is -2.23. The van der Waals surface area contributed by atoms with E-state index in [0.29, 0.717) is 0 Å². The summed E-state index contributed by atoms with van der Waals surface area (Å²) in [7, 11) is 1.53. The molecule has 2 heterocycles. The Morgan fingerprint density at radius 2 is 2.10 bits per heavy atom. The maximum Gasteiger partial charge on any atom is 0.433 e. The van der Waals surface area contributed by atoms with E-state index in [2.05, 4.69) is 25.5 Å². The highest BCUT2D eigenvalue weighted by molar-refractivity contribution is 6.32. The molecule has 0 fully saturated rings. The van der Waals surface area contributed by atoms with Crippen molar-refractivity contribution in [1.29, 1.82) is 0 Å². The molecule has 0 amide bonds. The second-order valence-corrected chi connectivity index (χ2v) is 3.99. The van der Waals surface area contributed by atoms with Gasteiger partial charge in [0, 0.05) is 7.05 Å². The van der Waals surface area contributed by atoms with Crippen LogP contribution in [0.2, 0.25) is 5.15 Å². The third-order valence-electron chi connectivity index (χ3n) is 2.23. The third-order valence-corrected chi connectivity index (χ3v) is 2.52. The molecule has 0 saturated carbocycles. The maximum absolute atomic E-state index is 12.4. The summed E-state index contributed by atoms with van der Waals surface area (Å²) < 4.78 is 38.6. The lowest BCUT2D eigenvalue weighted by molar-refractivity contribution is -0.141. The van der Waals surface area contributed by atoms with Gasteiger partial charge in [0.2, 0.25) is 0 Å². The molecule has 0 saturated heterocycles. The van der Waals surface area contributed by atoms with E-state index in [9.17, 15) is 13.2 Å². The summed E-state index contributed by atoms with van der Waals surface area (Å²) in [6, 6.07) is 1.85. The van der Waals surface area contributed by atoms with E-state index in [1.807, 2.05) is 0 Å². The molecular formula is C9H7ClF3N7. The Balaban J connectivity index is 2.39. The molecule has 7 nitrogen and oxygen atoms in total. The van der Waals surface area contributed by atoms with Crippen LogP contribution in [0.4, 0.5) is 19.1 Å². The molecule has 0 unspecified atom stereocenters. The zero-order chi connectivity index (χ0) is 14.9. The average Bonchev–Trinajstić information content (AvgIpc) is 2.73. The van der Waals surface area contributed by atoms with E-state index >= 15 is 0 Å². The summed E-state index contributed by atoms with van der Waals surface area (Å²) in [6.45, 7) is 0. The number of aliphatic imine (C=N–C) groups is 1. The highest BCUT2D eigenvalue weighted by Gasteiger charge is 2.33. The Morgan fingerprint density at radius 3 is 2.60 bits per heavy atom. The Labute approximate surface area is 115 Å². The zero-order valence-corrected chi connectivity index (χ0v) is 10.7. The SMILES string of the molecule is Cn1nnnc1N=C(N)c1ccc(C(F)(F)F)nc1Cl. The molecule has 0 aliphatic carbocycles. The second kappa shape index (κ2) is 5.04. The molecule has 106 valence electrons. The first-order valence-corrected chi connectivity index (χ1v) is 5.47. The van der Waals surface area contributed by atoms with Crippen molar-refractivity contribution in [1.82, 2.24) is 25.2 Å². The molecule has 2 N–H and O–H groups in total. The number of tetrazole rings is 1. The van der Waals surface area contributed by atoms with Crippen LogP contribution in [0.15, 0.2) is 17.1 Å². The van der Waals surface area contributed by atoms with Gasteiger partial charge >= 0.3 is 6.18 Å². The highest BCUT2D eigenvalue weighted by atomic mass is 35.5. The van der Waals surface area contributed by atoms with Crippen LogP contribution in [0, 0.1) is 0 Å². The number of aryl methyl sites for hydroxylation is 1. The molecule has 2 aromatic heterocycles. The third kappa shape index (κ3) is 2.85. The van der Waals surface area contributed by atoms with E-state index in [-0.39, 0.29) is 17.3 Å². The van der Waals surface area contributed by atoms with E-state index < -0.39 is 17.0 Å². The summed E-state index contributed by atoms with van der Waals surface area (Å²) >= 11 is 5.68. The lowest BCUT2D eigenvalue weighted by Gasteiger charge is -2.08. The monoisotopic (exact) mass is 305 g/mol. The second-order valence-electron chi connectivity index (χ2n) is 3.63. The number of nitrogens with zero attached hydrogens (tertiary/aromatic N) is 6. The number of hydrogen-bond donors (Lipinski definition) is 1. The molecule has 11 heteroatoms. The van der Waals surface area contributed by atoms with Crippen molar-refractivity contribution in [2.24, 2.45) is 17.8 Å². The lowest BCUT2D eigenvalue weighted by Crippen LogP contribution is -2.16. The number of pyridine rings is 1. The Kier molecular flexibility index (Phi) is 3.57. The average molecular weight is 306 g/mol. The van der Waals surface area contributed by atoms with Crippen LogP contribution in [0.5, 0.6) is 0 Å². The van der Waals surface area contributed by atoms with Crippen LogP contribution in [0.1, 0.15) is 11.3 Å². The van der Waals surface area contributed by atoms with Gasteiger partial charge in [-0.3, -0.25) is 0 Å². The van der Waals surface area contributed by atoms with Crippen molar-refractivity contribution in [3.05, 3.63) is 28.5 Å². The van der Waals surface area contributed by atoms with Crippen molar-refractivity contribution >= 4 is 23.4 Å². The first kappa shape index (κ1) is 14.2. The molecule has 2 rings (SSSR count). The Morgan fingerprint density at radius 1 is 1.40 bits per heavy atom. The van der Waals surface area contributed by atoms with Gasteiger partial charge in [-0.1, -0.05) is 16.7 Å². The fraction of sp³-hybridized carbons (Fsp3) is 0.222. The van der Waals surface area contributed by atoms with Crippen molar-refractivity contribution in [3.63, 3.8) is 0 Å². The summed E-state index contributed by atoms with van der Waals surface area (Å²) in [6.07, 6.45) is -4.58. The fourth-order valence-corrected chi connectivity index (χ4v) is 1.52. The Bertz CT molecular complexity index is 664. The topological polar surface area (TPSA) is 94.9 Å². The smallest absolute Gasteiger partial charge is 0.383 e. The molecule has 2 aromatic rings. The molecule has 0 bridgehead atoms. The number of aromatic nitrogens is 5. The number of alkyl halides is 3. The van der Waals surface area contributed by atoms with Gasteiger partial charge in [0.05, 0.1) is 5.56 Å². The van der Waals surface area contributed by atoms with Crippen molar-refractivity contribution in [2.45, 2.75) is 6.18 Å². The molecule has 0 spiro atoms. The van der Waals surface area contributed by atoms with Gasteiger partial charge in [0.15, 0.2) is 0 Å². The molecule has 0 aliphatic heterocycles. The summed E-state index contributed by atoms with van der Waals surface area (Å²) in [5.74, 6) is -0.0624. The first-order valence-electron chi connectivity index (χ1n) is 5.09. The van der Waals surface area contributed by atoms with Gasteiger partial charge in [-0.2, -0.15) is 18.2 Å². The van der Waals surface area contributed by atoms with Gasteiger partial charge in [0.25, 0.3) is 5.95 Å². The van der Waals surface area contributed by atoms with Crippen LogP contribution in [-0.2, 0) is 13.2 Å². The zero-order valence-electron chi connectivity index (χ0n) is 9.93. The van der Waals surface area contributed by atoms with Crippen molar-refractivity contribution in [2.75, 3.05) is 0 Å². The van der Waals surface area contributed by atoms with Crippen LogP contribution >= 0.6 is 11.6 Å². The maximum atomic E-state index is 12.4. The van der Waals surface area contributed by atoms with E-state index in [0.717, 1.165) is 12.1 Å². The molecule has 0 radical (unpaired) electrons. The molecule has 0 aromatic carbocycles. The van der Waals surface area contributed by atoms with E-state index in [4.69, 9.17) is 17.3 Å². The lowest BCUT2D eigenvalue weighted by atomic mass is 10.2. The molecule has 20 heavy (non-hydrogen) atoms. The predicted octanol–water partition coefficient (Wildman–Crippen LogP) is 1.31. The van der Waals surface area contributed by atoms with Gasteiger partial charge in [-0.25, -0.2) is 9.67 Å². The van der Waals surface area contributed by atoms with Crippen LogP contribution in [-0.4, -0.2) is 31.0 Å². The molecular weight excluding hydrogens is 299 g/mol. The van der Waals surface area contributed by atoms with Crippen LogP contribution in [0.3, 0.4) is 0 Å². The minimum Gasteiger partial charge on any atom is -0.383 e. The summed E-state index contributed by atoms with van der Waals surface area (Å²) in [5.41, 5.74) is 4.60. The number of amidine groups is 1. The standard InChI is InChI=1S/C9H7ClF3N7/c1-20-8(17-18-19-20)16-7(14)4-2-3-5(9(11,12)13)15-6(4)10/h2-3H,1H3,(H2,14,16,17,19). The largest absolute Gasteiger partial charge is 0.433 e. The van der Waals surface area contributed by atoms with E-state index in [1.165, 1.54) is 11.7 Å². The summed E-state index contributed by atoms with van der Waals surface area (Å²) in [5, 5.41) is 10.0. The number of nitrogens with two attached hydrogens (primary N) is 1. The van der Waals surface area contributed by atoms with Gasteiger partial charge in [0.1, 0.15) is 16.7 Å². The fourth-order valence-electron chi connectivity index (χ4n) is 1.27. The minimum absolute atomic E-state index is 0.0580. The number of hydrogen-bond acceptors (Lipinski definition) is 5. The van der Waals surface area contributed by atoms with Crippen LogP contribution < -0.4 is 5.73 Å². The summed E-state index contributed by atoms with van der Waals surface area (Å²) in [4.78, 5) is 7.10. The number of rotatable bonds is 2. The normalized spacial score (nSPS) is 12.8. The minimum atomic E-state index is -4.58. The van der Waals surface area contributed by atoms with Gasteiger partial charge in [-0.05, 0) is 22.6 Å². The van der Waals surface area contributed by atoms with Crippen molar-refractivity contribution < 1.29 is 13.2 Å².